The number of benzene rings is 1. The van der Waals surface area contributed by atoms with E-state index in [2.05, 4.69) is 73.2 Å². The SMILES string of the molecule is C=C1C=CC(c2ccc(OCC(=O)NCCC(C)C)cc2)N(C2=CCCC=C2)C1. The van der Waals surface area contributed by atoms with Crippen molar-refractivity contribution in [3.8, 4) is 5.75 Å². The molecule has 1 aromatic carbocycles. The van der Waals surface area contributed by atoms with Crippen LogP contribution in [0.3, 0.4) is 0 Å². The number of nitrogens with zero attached hydrogens (tertiary/aromatic N) is 1. The van der Waals surface area contributed by atoms with Crippen LogP contribution in [0.5, 0.6) is 5.75 Å². The van der Waals surface area contributed by atoms with Crippen LogP contribution < -0.4 is 10.1 Å². The minimum absolute atomic E-state index is 0.0460. The monoisotopic (exact) mass is 392 g/mol. The maximum atomic E-state index is 11.9. The highest BCUT2D eigenvalue weighted by atomic mass is 16.5. The maximum absolute atomic E-state index is 11.9. The van der Waals surface area contributed by atoms with E-state index in [9.17, 15) is 4.79 Å². The Morgan fingerprint density at radius 3 is 2.72 bits per heavy atom. The van der Waals surface area contributed by atoms with E-state index in [1.165, 1.54) is 11.3 Å². The summed E-state index contributed by atoms with van der Waals surface area (Å²) in [6.07, 6.45) is 14.2. The zero-order valence-corrected chi connectivity index (χ0v) is 17.6. The first-order valence-corrected chi connectivity index (χ1v) is 10.5. The summed E-state index contributed by atoms with van der Waals surface area (Å²) >= 11 is 0. The number of hydrogen-bond acceptors (Lipinski definition) is 3. The molecule has 1 aromatic rings. The number of hydrogen-bond donors (Lipinski definition) is 1. The largest absolute Gasteiger partial charge is 0.484 e. The summed E-state index contributed by atoms with van der Waals surface area (Å²) in [5, 5.41) is 2.89. The lowest BCUT2D eigenvalue weighted by molar-refractivity contribution is -0.123. The number of carbonyl (C=O) groups excluding carboxylic acids is 1. The van der Waals surface area contributed by atoms with Gasteiger partial charge in [-0.2, -0.15) is 0 Å². The van der Waals surface area contributed by atoms with Gasteiger partial charge in [0.2, 0.25) is 0 Å². The van der Waals surface area contributed by atoms with Gasteiger partial charge in [0.05, 0.1) is 6.04 Å². The van der Waals surface area contributed by atoms with Gasteiger partial charge in [-0.25, -0.2) is 0 Å². The molecule has 0 aromatic heterocycles. The van der Waals surface area contributed by atoms with Crippen molar-refractivity contribution in [1.82, 2.24) is 10.2 Å². The van der Waals surface area contributed by atoms with Crippen LogP contribution in [0.15, 0.2) is 72.5 Å². The van der Waals surface area contributed by atoms with E-state index >= 15 is 0 Å². The maximum Gasteiger partial charge on any atom is 0.257 e. The van der Waals surface area contributed by atoms with Crippen LogP contribution in [0.2, 0.25) is 0 Å². The molecule has 29 heavy (non-hydrogen) atoms. The lowest BCUT2D eigenvalue weighted by Crippen LogP contribution is -2.31. The third-order valence-electron chi connectivity index (χ3n) is 5.17. The molecule has 1 N–H and O–H groups in total. The molecule has 2 aliphatic rings. The van der Waals surface area contributed by atoms with E-state index in [0.29, 0.717) is 18.2 Å². The highest BCUT2D eigenvalue weighted by Gasteiger charge is 2.23. The van der Waals surface area contributed by atoms with Crippen molar-refractivity contribution >= 4 is 5.91 Å². The highest BCUT2D eigenvalue weighted by Crippen LogP contribution is 2.33. The second-order valence-electron chi connectivity index (χ2n) is 8.09. The molecule has 1 aliphatic heterocycles. The highest BCUT2D eigenvalue weighted by molar-refractivity contribution is 5.77. The van der Waals surface area contributed by atoms with Gasteiger partial charge in [-0.15, -0.1) is 0 Å². The van der Waals surface area contributed by atoms with Crippen LogP contribution in [0.4, 0.5) is 0 Å². The molecule has 0 saturated carbocycles. The molecule has 3 rings (SSSR count). The zero-order chi connectivity index (χ0) is 20.6. The number of allylic oxidation sites excluding steroid dienone is 3. The molecule has 0 fully saturated rings. The van der Waals surface area contributed by atoms with E-state index in [-0.39, 0.29) is 18.6 Å². The van der Waals surface area contributed by atoms with E-state index in [0.717, 1.165) is 31.4 Å². The Bertz CT molecular complexity index is 803. The Morgan fingerprint density at radius 2 is 2.03 bits per heavy atom. The average molecular weight is 393 g/mol. The lowest BCUT2D eigenvalue weighted by atomic mass is 9.97. The summed E-state index contributed by atoms with van der Waals surface area (Å²) < 4.78 is 5.65. The van der Waals surface area contributed by atoms with Crippen molar-refractivity contribution in [3.05, 3.63) is 78.1 Å². The number of nitrogens with one attached hydrogen (secondary N) is 1. The minimum atomic E-state index is -0.0781. The molecule has 4 heteroatoms. The summed E-state index contributed by atoms with van der Waals surface area (Å²) in [6.45, 7) is 9.98. The smallest absolute Gasteiger partial charge is 0.257 e. The molecule has 0 saturated heterocycles. The number of ether oxygens (including phenoxy) is 1. The Balaban J connectivity index is 1.60. The zero-order valence-electron chi connectivity index (χ0n) is 17.6. The van der Waals surface area contributed by atoms with Gasteiger partial charge in [-0.05, 0) is 54.5 Å². The van der Waals surface area contributed by atoms with Gasteiger partial charge in [0.25, 0.3) is 5.91 Å². The summed E-state index contributed by atoms with van der Waals surface area (Å²) in [7, 11) is 0. The van der Waals surface area contributed by atoms with Crippen LogP contribution in [0.25, 0.3) is 0 Å². The van der Waals surface area contributed by atoms with Crippen LogP contribution in [0.1, 0.15) is 44.7 Å². The molecular weight excluding hydrogens is 360 g/mol. The van der Waals surface area contributed by atoms with Crippen LogP contribution >= 0.6 is 0 Å². The Kier molecular flexibility index (Phi) is 7.34. The normalized spacial score (nSPS) is 18.7. The van der Waals surface area contributed by atoms with Gasteiger partial charge >= 0.3 is 0 Å². The van der Waals surface area contributed by atoms with Crippen molar-refractivity contribution in [2.45, 2.75) is 39.2 Å². The second kappa shape index (κ2) is 10.1. The first-order valence-electron chi connectivity index (χ1n) is 10.5. The topological polar surface area (TPSA) is 41.6 Å². The van der Waals surface area contributed by atoms with Gasteiger partial charge < -0.3 is 15.0 Å². The molecule has 0 bridgehead atoms. The first-order chi connectivity index (χ1) is 14.0. The Hall–Kier alpha value is -2.75. The molecule has 0 spiro atoms. The van der Waals surface area contributed by atoms with E-state index in [1.807, 2.05) is 12.1 Å². The van der Waals surface area contributed by atoms with Gasteiger partial charge in [0.1, 0.15) is 5.75 Å². The fraction of sp³-hybridized carbons (Fsp3) is 0.400. The fourth-order valence-electron chi connectivity index (χ4n) is 3.52. The third kappa shape index (κ3) is 6.11. The van der Waals surface area contributed by atoms with Crippen LogP contribution in [0, 0.1) is 5.92 Å². The minimum Gasteiger partial charge on any atom is -0.484 e. The Morgan fingerprint density at radius 1 is 1.24 bits per heavy atom. The predicted octanol–water partition coefficient (Wildman–Crippen LogP) is 4.93. The van der Waals surface area contributed by atoms with E-state index in [4.69, 9.17) is 4.74 Å². The van der Waals surface area contributed by atoms with Crippen molar-refractivity contribution in [2.75, 3.05) is 19.7 Å². The molecule has 0 radical (unpaired) electrons. The fourth-order valence-corrected chi connectivity index (χ4v) is 3.52. The number of rotatable bonds is 8. The van der Waals surface area contributed by atoms with E-state index < -0.39 is 0 Å². The van der Waals surface area contributed by atoms with Crippen molar-refractivity contribution in [1.29, 1.82) is 0 Å². The molecule has 1 aliphatic carbocycles. The van der Waals surface area contributed by atoms with E-state index in [1.54, 1.807) is 0 Å². The van der Waals surface area contributed by atoms with Gasteiger partial charge in [0.15, 0.2) is 6.61 Å². The van der Waals surface area contributed by atoms with Gasteiger partial charge in [-0.3, -0.25) is 4.79 Å². The average Bonchev–Trinajstić information content (AvgIpc) is 2.73. The van der Waals surface area contributed by atoms with Crippen molar-refractivity contribution in [2.24, 2.45) is 5.92 Å². The summed E-state index contributed by atoms with van der Waals surface area (Å²) in [6, 6.07) is 8.21. The second-order valence-corrected chi connectivity index (χ2v) is 8.09. The lowest BCUT2D eigenvalue weighted by Gasteiger charge is -2.37. The summed E-state index contributed by atoms with van der Waals surface area (Å²) in [5.41, 5.74) is 3.57. The molecule has 4 nitrogen and oxygen atoms in total. The number of amides is 1. The molecule has 1 atom stereocenters. The predicted molar refractivity (Wildman–Crippen MR) is 119 cm³/mol. The molecule has 154 valence electrons. The Labute approximate surface area is 174 Å². The van der Waals surface area contributed by atoms with Crippen molar-refractivity contribution < 1.29 is 9.53 Å². The van der Waals surface area contributed by atoms with Gasteiger partial charge in [-0.1, -0.05) is 56.9 Å². The summed E-state index contributed by atoms with van der Waals surface area (Å²) in [5.74, 6) is 1.21. The summed E-state index contributed by atoms with van der Waals surface area (Å²) in [4.78, 5) is 14.3. The molecule has 1 amide bonds. The van der Waals surface area contributed by atoms with Crippen molar-refractivity contribution in [3.63, 3.8) is 0 Å². The molecule has 1 unspecified atom stereocenters. The number of carbonyl (C=O) groups is 1. The third-order valence-corrected chi connectivity index (χ3v) is 5.17. The first kappa shape index (κ1) is 21.0. The standard InChI is InChI=1S/C25H32N2O2/c1-19(2)15-16-26-25(28)18-29-23-12-10-21(11-13-23)24-14-9-20(3)17-27(24)22-7-5-4-6-8-22/h5,7-14,19,24H,3-4,6,15-18H2,1-2H3,(H,26,28). The molecule has 1 heterocycles. The van der Waals surface area contributed by atoms with Crippen LogP contribution in [-0.2, 0) is 4.79 Å². The molecular formula is C25H32N2O2. The quantitative estimate of drug-likeness (QED) is 0.682. The van der Waals surface area contributed by atoms with Gasteiger partial charge in [0, 0.05) is 18.8 Å². The van der Waals surface area contributed by atoms with Crippen LogP contribution in [-0.4, -0.2) is 30.5 Å².